The minimum Gasteiger partial charge on any atom is -0.311 e. The molecule has 35 heavy (non-hydrogen) atoms. The molecular formula is C34H25N. The number of hydrogen-bond acceptors (Lipinski definition) is 1. The molecule has 1 heteroatoms. The van der Waals surface area contributed by atoms with Crippen LogP contribution in [0, 0.1) is 0 Å². The van der Waals surface area contributed by atoms with Crippen molar-refractivity contribution in [1.82, 2.24) is 0 Å². The molecule has 0 saturated carbocycles. The first-order valence-electron chi connectivity index (χ1n) is 12.0. The van der Waals surface area contributed by atoms with E-state index in [1.165, 1.54) is 33.0 Å². The van der Waals surface area contributed by atoms with Gasteiger partial charge in [0.1, 0.15) is 0 Å². The predicted octanol–water partition coefficient (Wildman–Crippen LogP) is 9.64. The van der Waals surface area contributed by atoms with Crippen molar-refractivity contribution in [3.63, 3.8) is 0 Å². The van der Waals surface area contributed by atoms with Gasteiger partial charge in [0.25, 0.3) is 0 Å². The molecule has 6 aromatic carbocycles. The Labute approximate surface area is 206 Å². The zero-order chi connectivity index (χ0) is 23.5. The van der Waals surface area contributed by atoms with Crippen LogP contribution < -0.4 is 4.90 Å². The summed E-state index contributed by atoms with van der Waals surface area (Å²) < 4.78 is 0. The fourth-order valence-electron chi connectivity index (χ4n) is 4.65. The highest BCUT2D eigenvalue weighted by Crippen LogP contribution is 2.36. The van der Waals surface area contributed by atoms with Crippen molar-refractivity contribution in [3.05, 3.63) is 152 Å². The summed E-state index contributed by atoms with van der Waals surface area (Å²) >= 11 is 0. The van der Waals surface area contributed by atoms with E-state index in [4.69, 9.17) is 0 Å². The molecule has 0 amide bonds. The lowest BCUT2D eigenvalue weighted by molar-refractivity contribution is 1.28. The summed E-state index contributed by atoms with van der Waals surface area (Å²) in [5.41, 5.74) is 8.31. The third kappa shape index (κ3) is 4.32. The van der Waals surface area contributed by atoms with E-state index in [-0.39, 0.29) is 0 Å². The standard InChI is InChI=1S/C34H25N/c1-3-14-32(15-4-1)35(33-16-5-2-6-17-33)34-22-20-27(21-23-34)29-12-9-13-30(24-29)31-19-18-26-10-7-8-11-28(26)25-31/h1-25H. The van der Waals surface area contributed by atoms with Crippen LogP contribution >= 0.6 is 0 Å². The highest BCUT2D eigenvalue weighted by Gasteiger charge is 2.12. The van der Waals surface area contributed by atoms with Crippen LogP contribution in [0.2, 0.25) is 0 Å². The first kappa shape index (κ1) is 20.9. The Morgan fingerprint density at radius 3 is 1.43 bits per heavy atom. The molecule has 0 aromatic heterocycles. The first-order valence-corrected chi connectivity index (χ1v) is 12.0. The van der Waals surface area contributed by atoms with Crippen LogP contribution in [0.15, 0.2) is 152 Å². The monoisotopic (exact) mass is 447 g/mol. The summed E-state index contributed by atoms with van der Waals surface area (Å²) in [7, 11) is 0. The number of anilines is 3. The molecule has 1 nitrogen and oxygen atoms in total. The molecule has 0 aliphatic rings. The van der Waals surface area contributed by atoms with E-state index in [1.54, 1.807) is 0 Å². The Kier molecular flexibility index (Phi) is 5.58. The van der Waals surface area contributed by atoms with Gasteiger partial charge < -0.3 is 4.90 Å². The van der Waals surface area contributed by atoms with Gasteiger partial charge in [-0.2, -0.15) is 0 Å². The molecule has 0 heterocycles. The minimum atomic E-state index is 1.14. The molecule has 0 unspecified atom stereocenters. The van der Waals surface area contributed by atoms with Gasteiger partial charge in [-0.25, -0.2) is 0 Å². The second-order valence-electron chi connectivity index (χ2n) is 8.70. The van der Waals surface area contributed by atoms with Crippen molar-refractivity contribution in [2.75, 3.05) is 4.90 Å². The van der Waals surface area contributed by atoms with Crippen LogP contribution in [-0.4, -0.2) is 0 Å². The molecule has 0 aliphatic heterocycles. The average molecular weight is 448 g/mol. The number of para-hydroxylation sites is 2. The van der Waals surface area contributed by atoms with Gasteiger partial charge in [-0.15, -0.1) is 0 Å². The molecule has 0 fully saturated rings. The van der Waals surface area contributed by atoms with E-state index in [2.05, 4.69) is 157 Å². The zero-order valence-electron chi connectivity index (χ0n) is 19.4. The van der Waals surface area contributed by atoms with Gasteiger partial charge in [0.05, 0.1) is 0 Å². The molecule has 0 bridgehead atoms. The van der Waals surface area contributed by atoms with Crippen molar-refractivity contribution >= 4 is 27.8 Å². The van der Waals surface area contributed by atoms with Crippen LogP contribution in [0.25, 0.3) is 33.0 Å². The van der Waals surface area contributed by atoms with Crippen molar-refractivity contribution < 1.29 is 0 Å². The van der Waals surface area contributed by atoms with E-state index in [1.807, 2.05) is 0 Å². The summed E-state index contributed by atoms with van der Waals surface area (Å²) in [5, 5.41) is 2.53. The van der Waals surface area contributed by atoms with Crippen LogP contribution in [0.5, 0.6) is 0 Å². The normalized spacial score (nSPS) is 10.9. The minimum absolute atomic E-state index is 1.14. The number of hydrogen-bond donors (Lipinski definition) is 0. The lowest BCUT2D eigenvalue weighted by Gasteiger charge is -2.25. The maximum Gasteiger partial charge on any atom is 0.0462 e. The topological polar surface area (TPSA) is 3.24 Å². The molecular weight excluding hydrogens is 422 g/mol. The van der Waals surface area contributed by atoms with E-state index in [9.17, 15) is 0 Å². The molecule has 0 N–H and O–H groups in total. The SMILES string of the molecule is c1ccc(N(c2ccccc2)c2ccc(-c3cccc(-c4ccc5ccccc5c4)c3)cc2)cc1. The Morgan fingerprint density at radius 2 is 0.771 bits per heavy atom. The van der Waals surface area contributed by atoms with Crippen molar-refractivity contribution in [3.8, 4) is 22.3 Å². The van der Waals surface area contributed by atoms with Crippen molar-refractivity contribution in [1.29, 1.82) is 0 Å². The molecule has 0 radical (unpaired) electrons. The van der Waals surface area contributed by atoms with Crippen LogP contribution in [-0.2, 0) is 0 Å². The molecule has 0 aliphatic carbocycles. The van der Waals surface area contributed by atoms with Crippen LogP contribution in [0.1, 0.15) is 0 Å². The molecule has 6 rings (SSSR count). The van der Waals surface area contributed by atoms with E-state index >= 15 is 0 Å². The summed E-state index contributed by atoms with van der Waals surface area (Å²) in [4.78, 5) is 2.29. The lowest BCUT2D eigenvalue weighted by atomic mass is 9.97. The summed E-state index contributed by atoms with van der Waals surface area (Å²) in [5.74, 6) is 0. The van der Waals surface area contributed by atoms with Gasteiger partial charge in [0.2, 0.25) is 0 Å². The Bertz CT molecular complexity index is 1530. The van der Waals surface area contributed by atoms with Crippen LogP contribution in [0.3, 0.4) is 0 Å². The molecule has 0 saturated heterocycles. The highest BCUT2D eigenvalue weighted by atomic mass is 15.1. The number of nitrogens with zero attached hydrogens (tertiary/aromatic N) is 1. The van der Waals surface area contributed by atoms with Gasteiger partial charge in [-0.3, -0.25) is 0 Å². The highest BCUT2D eigenvalue weighted by molar-refractivity contribution is 5.88. The van der Waals surface area contributed by atoms with Gasteiger partial charge >= 0.3 is 0 Å². The third-order valence-electron chi connectivity index (χ3n) is 6.43. The summed E-state index contributed by atoms with van der Waals surface area (Å²) in [6.45, 7) is 0. The second kappa shape index (κ2) is 9.32. The number of fused-ring (bicyclic) bond motifs is 1. The average Bonchev–Trinajstić information content (AvgIpc) is 2.95. The number of rotatable bonds is 5. The van der Waals surface area contributed by atoms with Crippen LogP contribution in [0.4, 0.5) is 17.1 Å². The molecule has 0 atom stereocenters. The van der Waals surface area contributed by atoms with Crippen molar-refractivity contribution in [2.24, 2.45) is 0 Å². The van der Waals surface area contributed by atoms with Crippen molar-refractivity contribution in [2.45, 2.75) is 0 Å². The van der Waals surface area contributed by atoms with Gasteiger partial charge in [-0.1, -0.05) is 103 Å². The quantitative estimate of drug-likeness (QED) is 0.254. The number of benzene rings is 6. The molecule has 6 aromatic rings. The Morgan fingerprint density at radius 1 is 0.286 bits per heavy atom. The maximum absolute atomic E-state index is 2.29. The predicted molar refractivity (Wildman–Crippen MR) is 150 cm³/mol. The summed E-state index contributed by atoms with van der Waals surface area (Å²) in [6, 6.07) is 53.9. The van der Waals surface area contributed by atoms with E-state index in [0.29, 0.717) is 0 Å². The Balaban J connectivity index is 1.35. The lowest BCUT2D eigenvalue weighted by Crippen LogP contribution is -2.09. The van der Waals surface area contributed by atoms with Gasteiger partial charge in [0, 0.05) is 17.1 Å². The Hall–Kier alpha value is -4.62. The maximum atomic E-state index is 2.29. The molecule has 0 spiro atoms. The van der Waals surface area contributed by atoms with Gasteiger partial charge in [0.15, 0.2) is 0 Å². The second-order valence-corrected chi connectivity index (χ2v) is 8.70. The fourth-order valence-corrected chi connectivity index (χ4v) is 4.65. The van der Waals surface area contributed by atoms with E-state index < -0.39 is 0 Å². The van der Waals surface area contributed by atoms with E-state index in [0.717, 1.165) is 17.1 Å². The zero-order valence-corrected chi connectivity index (χ0v) is 19.4. The summed E-state index contributed by atoms with van der Waals surface area (Å²) in [6.07, 6.45) is 0. The molecule has 166 valence electrons. The largest absolute Gasteiger partial charge is 0.311 e. The third-order valence-corrected chi connectivity index (χ3v) is 6.43. The van der Waals surface area contributed by atoms with Gasteiger partial charge in [-0.05, 0) is 81.6 Å². The first-order chi connectivity index (χ1) is 17.3. The fraction of sp³-hybridized carbons (Fsp3) is 0. The smallest absolute Gasteiger partial charge is 0.0462 e.